The number of imide groups is 1. The fourth-order valence-electron chi connectivity index (χ4n) is 1.80. The van der Waals surface area contributed by atoms with Crippen molar-refractivity contribution < 1.29 is 9.59 Å². The van der Waals surface area contributed by atoms with E-state index in [1.165, 1.54) is 0 Å². The van der Waals surface area contributed by atoms with E-state index in [4.69, 9.17) is 18.0 Å². The fraction of sp³-hybridized carbons (Fsp3) is 0.357. The van der Waals surface area contributed by atoms with Gasteiger partial charge in [0.1, 0.15) is 11.0 Å². The van der Waals surface area contributed by atoms with Crippen molar-refractivity contribution in [3.63, 3.8) is 0 Å². The third-order valence-electron chi connectivity index (χ3n) is 3.08. The molecule has 1 aromatic rings. The maximum absolute atomic E-state index is 12.0. The second kappa shape index (κ2) is 7.58. The average molecular weight is 308 g/mol. The summed E-state index contributed by atoms with van der Waals surface area (Å²) in [4.78, 5) is 25.4. The monoisotopic (exact) mass is 308 g/mol. The zero-order chi connectivity index (χ0) is 16.0. The number of nitrogens with zero attached hydrogens (tertiary/aromatic N) is 1. The molecule has 114 valence electrons. The first-order chi connectivity index (χ1) is 9.88. The van der Waals surface area contributed by atoms with Gasteiger partial charge in [0.15, 0.2) is 0 Å². The van der Waals surface area contributed by atoms with E-state index in [0.29, 0.717) is 12.1 Å². The number of carbonyl (C=O) groups excluding carboxylic acids is 2. The maximum atomic E-state index is 12.0. The molecule has 4 N–H and O–H groups in total. The van der Waals surface area contributed by atoms with Crippen molar-refractivity contribution in [2.45, 2.75) is 19.9 Å². The molecular weight excluding hydrogens is 288 g/mol. The van der Waals surface area contributed by atoms with Gasteiger partial charge >= 0.3 is 6.03 Å². The van der Waals surface area contributed by atoms with Crippen molar-refractivity contribution >= 4 is 34.8 Å². The van der Waals surface area contributed by atoms with Gasteiger partial charge in [-0.2, -0.15) is 0 Å². The van der Waals surface area contributed by atoms with E-state index in [2.05, 4.69) is 10.6 Å². The molecule has 0 radical (unpaired) electrons. The number of nitrogens with two attached hydrogens (primary N) is 1. The topological polar surface area (TPSA) is 87.5 Å². The average Bonchev–Trinajstić information content (AvgIpc) is 2.45. The molecule has 1 unspecified atom stereocenters. The zero-order valence-electron chi connectivity index (χ0n) is 12.3. The van der Waals surface area contributed by atoms with Crippen LogP contribution in [0, 0.1) is 0 Å². The van der Waals surface area contributed by atoms with Crippen molar-refractivity contribution in [3.8, 4) is 0 Å². The van der Waals surface area contributed by atoms with Gasteiger partial charge in [-0.25, -0.2) is 4.79 Å². The third kappa shape index (κ3) is 4.42. The summed E-state index contributed by atoms with van der Waals surface area (Å²) in [6.07, 6.45) is 0. The number of para-hydroxylation sites is 1. The summed E-state index contributed by atoms with van der Waals surface area (Å²) in [5.74, 6) is -0.402. The summed E-state index contributed by atoms with van der Waals surface area (Å²) >= 11 is 5.01. The molecule has 7 heteroatoms. The van der Waals surface area contributed by atoms with Gasteiger partial charge in [0.05, 0.1) is 0 Å². The van der Waals surface area contributed by atoms with E-state index >= 15 is 0 Å². The Kier molecular flexibility index (Phi) is 6.10. The lowest BCUT2D eigenvalue weighted by Gasteiger charge is -2.27. The van der Waals surface area contributed by atoms with Gasteiger partial charge in [-0.15, -0.1) is 0 Å². The molecule has 1 aromatic carbocycles. The van der Waals surface area contributed by atoms with Crippen LogP contribution in [0.3, 0.4) is 0 Å². The van der Waals surface area contributed by atoms with Gasteiger partial charge in [0.2, 0.25) is 5.91 Å². The molecule has 0 saturated heterocycles. The number of carbonyl (C=O) groups is 2. The van der Waals surface area contributed by atoms with Gasteiger partial charge in [-0.3, -0.25) is 10.1 Å². The molecule has 3 amide bonds. The predicted octanol–water partition coefficient (Wildman–Crippen LogP) is 0.991. The van der Waals surface area contributed by atoms with Crippen LogP contribution in [0.25, 0.3) is 0 Å². The molecule has 0 saturated carbocycles. The minimum atomic E-state index is -0.553. The lowest BCUT2D eigenvalue weighted by atomic mass is 10.1. The van der Waals surface area contributed by atoms with Crippen LogP contribution in [0.15, 0.2) is 24.3 Å². The summed E-state index contributed by atoms with van der Waals surface area (Å²) in [5.41, 5.74) is 7.12. The molecule has 0 spiro atoms. The van der Waals surface area contributed by atoms with E-state index < -0.39 is 18.0 Å². The maximum Gasteiger partial charge on any atom is 0.321 e. The number of urea groups is 1. The normalized spacial score (nSPS) is 11.4. The molecule has 0 aliphatic carbocycles. The Morgan fingerprint density at radius 1 is 1.38 bits per heavy atom. The number of thiocarbonyl (C=S) groups is 1. The predicted molar refractivity (Wildman–Crippen MR) is 87.4 cm³/mol. The van der Waals surface area contributed by atoms with Crippen LogP contribution in [0.2, 0.25) is 0 Å². The van der Waals surface area contributed by atoms with E-state index in [0.717, 1.165) is 5.69 Å². The molecule has 0 fully saturated rings. The molecule has 1 atom stereocenters. The minimum Gasteiger partial charge on any atom is -0.389 e. The molecule has 1 rings (SSSR count). The first-order valence-electron chi connectivity index (χ1n) is 6.58. The Morgan fingerprint density at radius 2 is 2.00 bits per heavy atom. The number of hydrogen-bond acceptors (Lipinski definition) is 4. The number of hydrogen-bond donors (Lipinski definition) is 3. The summed E-state index contributed by atoms with van der Waals surface area (Å²) < 4.78 is 0. The molecule has 6 nitrogen and oxygen atoms in total. The van der Waals surface area contributed by atoms with Crippen LogP contribution >= 0.6 is 12.2 Å². The van der Waals surface area contributed by atoms with Crippen LogP contribution in [0.1, 0.15) is 19.4 Å². The quantitative estimate of drug-likeness (QED) is 0.706. The summed E-state index contributed by atoms with van der Waals surface area (Å²) in [5, 5.41) is 4.79. The number of rotatable bonds is 5. The van der Waals surface area contributed by atoms with E-state index in [9.17, 15) is 9.59 Å². The minimum absolute atomic E-state index is 0.258. The van der Waals surface area contributed by atoms with Crippen molar-refractivity contribution in [2.75, 3.05) is 18.5 Å². The van der Waals surface area contributed by atoms with Gasteiger partial charge in [0, 0.05) is 24.8 Å². The van der Waals surface area contributed by atoms with E-state index in [-0.39, 0.29) is 4.99 Å². The van der Waals surface area contributed by atoms with Crippen LogP contribution in [0.4, 0.5) is 10.5 Å². The van der Waals surface area contributed by atoms with Crippen LogP contribution < -0.4 is 21.3 Å². The highest BCUT2D eigenvalue weighted by atomic mass is 32.1. The van der Waals surface area contributed by atoms with Gasteiger partial charge in [-0.05, 0) is 26.0 Å². The second-order valence-corrected chi connectivity index (χ2v) is 4.96. The van der Waals surface area contributed by atoms with Crippen molar-refractivity contribution in [1.82, 2.24) is 10.6 Å². The van der Waals surface area contributed by atoms with E-state index in [1.807, 2.05) is 18.2 Å². The zero-order valence-corrected chi connectivity index (χ0v) is 13.2. The second-order valence-electron chi connectivity index (χ2n) is 4.52. The highest BCUT2D eigenvalue weighted by Gasteiger charge is 2.22. The van der Waals surface area contributed by atoms with E-state index in [1.54, 1.807) is 31.9 Å². The summed E-state index contributed by atoms with van der Waals surface area (Å²) in [6.45, 7) is 3.93. The Bertz CT molecular complexity index is 548. The number of amides is 3. The number of nitrogens with one attached hydrogen (secondary N) is 2. The molecule has 0 bridgehead atoms. The highest BCUT2D eigenvalue weighted by Crippen LogP contribution is 2.21. The first kappa shape index (κ1) is 16.9. The first-order valence-corrected chi connectivity index (χ1v) is 6.99. The smallest absolute Gasteiger partial charge is 0.321 e. The lowest BCUT2D eigenvalue weighted by molar-refractivity contribution is -0.120. The van der Waals surface area contributed by atoms with Gasteiger partial charge < -0.3 is 16.0 Å². The molecule has 0 aliphatic rings. The van der Waals surface area contributed by atoms with Crippen LogP contribution in [-0.4, -0.2) is 36.6 Å². The van der Waals surface area contributed by atoms with Crippen molar-refractivity contribution in [1.29, 1.82) is 0 Å². The number of benzene rings is 1. The Hall–Kier alpha value is -2.15. The Morgan fingerprint density at radius 3 is 2.57 bits per heavy atom. The SMILES string of the molecule is CCNC(=O)NC(=O)C(C)N(C)c1ccccc1C(N)=S. The Balaban J connectivity index is 2.88. The molecule has 21 heavy (non-hydrogen) atoms. The van der Waals surface area contributed by atoms with Crippen LogP contribution in [-0.2, 0) is 4.79 Å². The number of anilines is 1. The molecular formula is C14H20N4O2S. The standard InChI is InChI=1S/C14H20N4O2S/c1-4-16-14(20)17-13(19)9(2)18(3)11-8-6-5-7-10(11)12(15)21/h5-9H,4H2,1-3H3,(H2,15,21)(H2,16,17,19,20). The number of likely N-dealkylation sites (N-methyl/N-ethyl adjacent to an activating group) is 1. The molecule has 0 aliphatic heterocycles. The fourth-order valence-corrected chi connectivity index (χ4v) is 1.97. The summed E-state index contributed by atoms with van der Waals surface area (Å²) in [7, 11) is 1.75. The van der Waals surface area contributed by atoms with Gasteiger partial charge in [0.25, 0.3) is 0 Å². The largest absolute Gasteiger partial charge is 0.389 e. The lowest BCUT2D eigenvalue weighted by Crippen LogP contribution is -2.49. The van der Waals surface area contributed by atoms with Crippen molar-refractivity contribution in [2.24, 2.45) is 5.73 Å². The molecule has 0 heterocycles. The van der Waals surface area contributed by atoms with Gasteiger partial charge in [-0.1, -0.05) is 24.4 Å². The van der Waals surface area contributed by atoms with Crippen LogP contribution in [0.5, 0.6) is 0 Å². The summed E-state index contributed by atoms with van der Waals surface area (Å²) in [6, 6.07) is 6.22. The third-order valence-corrected chi connectivity index (χ3v) is 3.30. The highest BCUT2D eigenvalue weighted by molar-refractivity contribution is 7.80. The van der Waals surface area contributed by atoms with Crippen molar-refractivity contribution in [3.05, 3.63) is 29.8 Å². The Labute approximate surface area is 129 Å². The molecule has 0 aromatic heterocycles.